The zero-order valence-corrected chi connectivity index (χ0v) is 18.8. The Balaban J connectivity index is 1.35. The third-order valence-corrected chi connectivity index (χ3v) is 7.23. The minimum Gasteiger partial charge on any atom is -0.387 e. The summed E-state index contributed by atoms with van der Waals surface area (Å²) in [5.41, 5.74) is 8.16. The number of hydrogen-bond acceptors (Lipinski definition) is 4. The Hall–Kier alpha value is -2.77. The third kappa shape index (κ3) is 5.60. The summed E-state index contributed by atoms with van der Waals surface area (Å²) in [5.74, 6) is -0.539. The first-order chi connectivity index (χ1) is 15.9. The van der Waals surface area contributed by atoms with E-state index >= 15 is 0 Å². The number of nitrogens with zero attached hydrogens (tertiary/aromatic N) is 2. The van der Waals surface area contributed by atoms with E-state index in [0.29, 0.717) is 43.1 Å². The number of primary amides is 1. The Morgan fingerprint density at radius 3 is 2.39 bits per heavy atom. The summed E-state index contributed by atoms with van der Waals surface area (Å²) in [6, 6.07) is 14.9. The van der Waals surface area contributed by atoms with Crippen LogP contribution >= 0.6 is 0 Å². The molecule has 2 amide bonds. The summed E-state index contributed by atoms with van der Waals surface area (Å²) in [6.07, 6.45) is 4.96. The molecular weight excluding hydrogens is 421 g/mol. The minimum atomic E-state index is -0.505. The predicted molar refractivity (Wildman–Crippen MR) is 124 cm³/mol. The van der Waals surface area contributed by atoms with Gasteiger partial charge in [-0.1, -0.05) is 24.3 Å². The molecule has 0 aliphatic carbocycles. The fourth-order valence-corrected chi connectivity index (χ4v) is 5.47. The highest BCUT2D eigenvalue weighted by atomic mass is 19.1. The first-order valence-electron chi connectivity index (χ1n) is 11.7. The molecule has 3 atom stereocenters. The number of amides is 2. The molecule has 176 valence electrons. The van der Waals surface area contributed by atoms with Crippen LogP contribution in [0.15, 0.2) is 48.5 Å². The Kier molecular flexibility index (Phi) is 7.40. The smallest absolute Gasteiger partial charge is 0.248 e. The molecule has 6 nitrogen and oxygen atoms in total. The third-order valence-electron chi connectivity index (χ3n) is 7.23. The second-order valence-electron chi connectivity index (χ2n) is 9.20. The molecule has 2 aliphatic heterocycles. The van der Waals surface area contributed by atoms with Crippen LogP contribution in [0, 0.1) is 5.82 Å². The topological polar surface area (TPSA) is 86.9 Å². The lowest BCUT2D eigenvalue weighted by Crippen LogP contribution is -2.47. The van der Waals surface area contributed by atoms with Crippen LogP contribution in [0.1, 0.15) is 53.1 Å². The lowest BCUT2D eigenvalue weighted by Gasteiger charge is -2.40. The maximum atomic E-state index is 13.1. The summed E-state index contributed by atoms with van der Waals surface area (Å²) in [5, 5.41) is 9.43. The van der Waals surface area contributed by atoms with Gasteiger partial charge in [-0.3, -0.25) is 14.5 Å². The molecule has 2 aromatic rings. The normalized spacial score (nSPS) is 22.3. The molecule has 2 saturated heterocycles. The Labute approximate surface area is 194 Å². The maximum absolute atomic E-state index is 13.1. The number of benzene rings is 2. The Bertz CT molecular complexity index is 967. The van der Waals surface area contributed by atoms with E-state index in [9.17, 15) is 19.1 Å². The molecule has 2 aromatic carbocycles. The van der Waals surface area contributed by atoms with E-state index < -0.39 is 12.5 Å². The number of halogens is 1. The van der Waals surface area contributed by atoms with Crippen molar-refractivity contribution in [3.05, 3.63) is 71.0 Å². The number of rotatable bonds is 9. The Morgan fingerprint density at radius 2 is 1.76 bits per heavy atom. The van der Waals surface area contributed by atoms with Crippen LogP contribution in [-0.4, -0.2) is 65.0 Å². The van der Waals surface area contributed by atoms with E-state index in [2.05, 4.69) is 11.0 Å². The van der Waals surface area contributed by atoms with Gasteiger partial charge in [-0.05, 0) is 73.4 Å². The molecular formula is C26H32FN3O3. The van der Waals surface area contributed by atoms with Crippen molar-refractivity contribution >= 4 is 11.8 Å². The van der Waals surface area contributed by atoms with Gasteiger partial charge in [0.15, 0.2) is 0 Å². The molecule has 3 N–H and O–H groups in total. The van der Waals surface area contributed by atoms with E-state index in [1.807, 2.05) is 12.1 Å². The van der Waals surface area contributed by atoms with Crippen LogP contribution < -0.4 is 5.73 Å². The van der Waals surface area contributed by atoms with Crippen molar-refractivity contribution in [3.63, 3.8) is 0 Å². The van der Waals surface area contributed by atoms with Crippen LogP contribution in [0.2, 0.25) is 0 Å². The summed E-state index contributed by atoms with van der Waals surface area (Å²) in [6.45, 7) is 1.33. The molecule has 2 aliphatic rings. The lowest BCUT2D eigenvalue weighted by molar-refractivity contribution is -0.134. The van der Waals surface area contributed by atoms with Crippen LogP contribution in [0.25, 0.3) is 0 Å². The maximum Gasteiger partial charge on any atom is 0.248 e. The second kappa shape index (κ2) is 10.4. The van der Waals surface area contributed by atoms with E-state index in [0.717, 1.165) is 37.8 Å². The van der Waals surface area contributed by atoms with Gasteiger partial charge in [0.25, 0.3) is 0 Å². The number of fused-ring (bicyclic) bond motifs is 2. The summed E-state index contributed by atoms with van der Waals surface area (Å²) >= 11 is 0. The largest absolute Gasteiger partial charge is 0.387 e. The van der Waals surface area contributed by atoms with E-state index in [1.54, 1.807) is 23.1 Å². The van der Waals surface area contributed by atoms with Crippen molar-refractivity contribution in [2.24, 2.45) is 5.73 Å². The van der Waals surface area contributed by atoms with Crippen molar-refractivity contribution < 1.29 is 19.1 Å². The average Bonchev–Trinajstić information content (AvgIpc) is 3.06. The molecule has 0 spiro atoms. The van der Waals surface area contributed by atoms with Crippen LogP contribution in [-0.2, 0) is 11.2 Å². The second-order valence-corrected chi connectivity index (χ2v) is 9.20. The molecule has 4 rings (SSSR count). The van der Waals surface area contributed by atoms with Gasteiger partial charge in [0.05, 0.1) is 0 Å². The van der Waals surface area contributed by atoms with Gasteiger partial charge < -0.3 is 15.7 Å². The average molecular weight is 454 g/mol. The summed E-state index contributed by atoms with van der Waals surface area (Å²) < 4.78 is 13.1. The van der Waals surface area contributed by atoms with E-state index in [1.165, 1.54) is 17.7 Å². The van der Waals surface area contributed by atoms with Crippen LogP contribution in [0.5, 0.6) is 0 Å². The van der Waals surface area contributed by atoms with Gasteiger partial charge >= 0.3 is 0 Å². The number of aliphatic hydroxyl groups is 1. The lowest BCUT2D eigenvalue weighted by atomic mass is 9.84. The molecule has 2 fully saturated rings. The molecule has 2 heterocycles. The van der Waals surface area contributed by atoms with Gasteiger partial charge in [-0.15, -0.1) is 0 Å². The molecule has 0 radical (unpaired) electrons. The number of aliphatic hydroxyl groups excluding tert-OH is 1. The first kappa shape index (κ1) is 23.4. The quantitative estimate of drug-likeness (QED) is 0.611. The zero-order chi connectivity index (χ0) is 23.4. The van der Waals surface area contributed by atoms with Crippen molar-refractivity contribution in [1.29, 1.82) is 0 Å². The number of carbonyl (C=O) groups is 2. The monoisotopic (exact) mass is 453 g/mol. The van der Waals surface area contributed by atoms with Crippen LogP contribution in [0.4, 0.5) is 4.39 Å². The van der Waals surface area contributed by atoms with E-state index in [-0.39, 0.29) is 11.7 Å². The summed E-state index contributed by atoms with van der Waals surface area (Å²) in [7, 11) is 0. The Morgan fingerprint density at radius 1 is 1.06 bits per heavy atom. The number of piperidine rings is 1. The minimum absolute atomic E-state index is 0.275. The molecule has 0 aromatic heterocycles. The standard InChI is InChI=1S/C26H32FN3O3/c27-22-6-4-18(5-7-22)10-11-29(25(32)17-31)12-13-30-23-8-9-24(30)16-21(15-23)19-2-1-3-20(14-19)26(28)33/h1-7,14,21,23-24,31H,8-13,15-17H2,(H2,28,33)/t21?,23-,24+. The highest BCUT2D eigenvalue weighted by molar-refractivity contribution is 5.92. The number of carbonyl (C=O) groups excluding carboxylic acids is 2. The first-order valence-corrected chi connectivity index (χ1v) is 11.7. The number of nitrogens with two attached hydrogens (primary N) is 1. The highest BCUT2D eigenvalue weighted by Gasteiger charge is 2.41. The van der Waals surface area contributed by atoms with E-state index in [4.69, 9.17) is 5.73 Å². The number of hydrogen-bond donors (Lipinski definition) is 2. The molecule has 0 saturated carbocycles. The SMILES string of the molecule is NC(=O)c1cccc(C2C[C@H]3CC[C@@H](C2)N3CCN(CCc2ccc(F)cc2)C(=O)CO)c1. The van der Waals surface area contributed by atoms with Gasteiger partial charge in [0.2, 0.25) is 11.8 Å². The molecule has 7 heteroatoms. The fourth-order valence-electron chi connectivity index (χ4n) is 5.47. The van der Waals surface area contributed by atoms with Crippen LogP contribution in [0.3, 0.4) is 0 Å². The van der Waals surface area contributed by atoms with Gasteiger partial charge in [0, 0.05) is 37.3 Å². The van der Waals surface area contributed by atoms with Gasteiger partial charge in [-0.25, -0.2) is 4.39 Å². The summed E-state index contributed by atoms with van der Waals surface area (Å²) in [4.78, 5) is 28.1. The molecule has 2 bridgehead atoms. The van der Waals surface area contributed by atoms with Gasteiger partial charge in [-0.2, -0.15) is 0 Å². The van der Waals surface area contributed by atoms with Gasteiger partial charge in [0.1, 0.15) is 12.4 Å². The molecule has 1 unspecified atom stereocenters. The zero-order valence-electron chi connectivity index (χ0n) is 18.8. The molecule has 33 heavy (non-hydrogen) atoms. The highest BCUT2D eigenvalue weighted by Crippen LogP contribution is 2.43. The van der Waals surface area contributed by atoms with Crippen molar-refractivity contribution in [1.82, 2.24) is 9.80 Å². The fraction of sp³-hybridized carbons (Fsp3) is 0.462. The predicted octanol–water partition coefficient (Wildman–Crippen LogP) is 2.70. The van der Waals surface area contributed by atoms with Crippen molar-refractivity contribution in [2.45, 2.75) is 50.1 Å². The van der Waals surface area contributed by atoms with Crippen molar-refractivity contribution in [2.75, 3.05) is 26.2 Å². The van der Waals surface area contributed by atoms with Crippen molar-refractivity contribution in [3.8, 4) is 0 Å².